The number of aromatic nitrogens is 2. The first-order chi connectivity index (χ1) is 13.4. The van der Waals surface area contributed by atoms with E-state index in [9.17, 15) is 4.79 Å². The van der Waals surface area contributed by atoms with Crippen molar-refractivity contribution in [2.24, 2.45) is 34.5 Å². The molecule has 4 aliphatic rings. The van der Waals surface area contributed by atoms with Crippen LogP contribution in [-0.2, 0) is 9.53 Å². The zero-order valence-corrected chi connectivity index (χ0v) is 17.6. The fourth-order valence-electron chi connectivity index (χ4n) is 8.01. The van der Waals surface area contributed by atoms with Crippen molar-refractivity contribution < 1.29 is 9.53 Å². The monoisotopic (exact) mass is 382 g/mol. The Labute approximate surface area is 168 Å². The number of hydrogen-bond acceptors (Lipinski definition) is 3. The van der Waals surface area contributed by atoms with E-state index in [2.05, 4.69) is 35.7 Å². The smallest absolute Gasteiger partial charge is 0.302 e. The number of nitrogens with zero attached hydrogens (tertiary/aromatic N) is 2. The molecule has 4 aliphatic carbocycles. The third-order valence-electron chi connectivity index (χ3n) is 9.20. The van der Waals surface area contributed by atoms with Crippen LogP contribution in [0.25, 0.3) is 5.70 Å². The van der Waals surface area contributed by atoms with Crippen molar-refractivity contribution in [3.05, 3.63) is 24.8 Å². The lowest BCUT2D eigenvalue weighted by Gasteiger charge is -2.61. The van der Waals surface area contributed by atoms with Crippen LogP contribution in [0.3, 0.4) is 0 Å². The van der Waals surface area contributed by atoms with Crippen molar-refractivity contribution >= 4 is 11.7 Å². The molecular formula is C24H34N2O2. The predicted octanol–water partition coefficient (Wildman–Crippen LogP) is 5.31. The minimum absolute atomic E-state index is 0.0985. The Kier molecular flexibility index (Phi) is 4.26. The summed E-state index contributed by atoms with van der Waals surface area (Å²) in [5, 5.41) is 0. The first-order valence-corrected chi connectivity index (χ1v) is 11.3. The Balaban J connectivity index is 1.49. The molecule has 0 aliphatic heterocycles. The molecule has 7 unspecified atom stereocenters. The fraction of sp³-hybridized carbons (Fsp3) is 0.750. The molecule has 4 nitrogen and oxygen atoms in total. The number of carbonyl (C=O) groups is 1. The third kappa shape index (κ3) is 2.55. The molecule has 0 aromatic carbocycles. The van der Waals surface area contributed by atoms with Crippen molar-refractivity contribution in [3.8, 4) is 0 Å². The summed E-state index contributed by atoms with van der Waals surface area (Å²) in [7, 11) is 0. The molecule has 3 saturated carbocycles. The van der Waals surface area contributed by atoms with Gasteiger partial charge in [0, 0.05) is 36.3 Å². The van der Waals surface area contributed by atoms with Crippen LogP contribution in [0, 0.1) is 34.5 Å². The molecule has 0 amide bonds. The highest BCUT2D eigenvalue weighted by Gasteiger charge is 2.61. The lowest BCUT2D eigenvalue weighted by atomic mass is 9.44. The Hall–Kier alpha value is -1.58. The number of esters is 1. The molecule has 1 aromatic rings. The average molecular weight is 383 g/mol. The summed E-state index contributed by atoms with van der Waals surface area (Å²) < 4.78 is 8.22. The van der Waals surface area contributed by atoms with Crippen LogP contribution in [0.5, 0.6) is 0 Å². The third-order valence-corrected chi connectivity index (χ3v) is 9.20. The Morgan fingerprint density at radius 3 is 2.79 bits per heavy atom. The first-order valence-electron chi connectivity index (χ1n) is 11.3. The minimum Gasteiger partial charge on any atom is -0.462 e. The standard InChI is InChI=1S/C24H34N2O2/c1-16(27)28-21-14-17-18-7-8-22(26-13-12-25-15-26)24(18,3)11-9-19(17)23(2)10-5-4-6-20(21)23/h8,12-13,15,17-21H,4-7,9-11,14H2,1-3H3. The van der Waals surface area contributed by atoms with E-state index < -0.39 is 0 Å². The highest BCUT2D eigenvalue weighted by atomic mass is 16.5. The molecule has 0 radical (unpaired) electrons. The molecular weight excluding hydrogens is 348 g/mol. The van der Waals surface area contributed by atoms with Gasteiger partial charge >= 0.3 is 5.97 Å². The van der Waals surface area contributed by atoms with Crippen LogP contribution >= 0.6 is 0 Å². The number of fused-ring (bicyclic) bond motifs is 5. The molecule has 4 heteroatoms. The van der Waals surface area contributed by atoms with Crippen molar-refractivity contribution in [1.82, 2.24) is 9.55 Å². The Morgan fingerprint density at radius 1 is 1.18 bits per heavy atom. The van der Waals surface area contributed by atoms with Gasteiger partial charge in [-0.1, -0.05) is 32.8 Å². The number of carbonyl (C=O) groups excluding carboxylic acids is 1. The molecule has 1 heterocycles. The molecule has 0 bridgehead atoms. The van der Waals surface area contributed by atoms with E-state index in [1.54, 1.807) is 6.92 Å². The second-order valence-corrected chi connectivity index (χ2v) is 10.4. The van der Waals surface area contributed by atoms with Gasteiger partial charge in [0.25, 0.3) is 0 Å². The Morgan fingerprint density at radius 2 is 2.04 bits per heavy atom. The van der Waals surface area contributed by atoms with Crippen molar-refractivity contribution in [2.75, 3.05) is 0 Å². The number of ether oxygens (including phenoxy) is 1. The highest BCUT2D eigenvalue weighted by molar-refractivity contribution is 5.66. The van der Waals surface area contributed by atoms with E-state index in [-0.39, 0.29) is 17.5 Å². The van der Waals surface area contributed by atoms with E-state index in [1.165, 1.54) is 44.2 Å². The molecule has 0 N–H and O–H groups in total. The number of hydrogen-bond donors (Lipinski definition) is 0. The SMILES string of the molecule is CC(=O)OC1CC2C3CC=C(n4ccnc4)C3(C)CCC2C2(C)CCCCC12. The second-order valence-electron chi connectivity index (χ2n) is 10.4. The van der Waals surface area contributed by atoms with Crippen LogP contribution in [0.15, 0.2) is 24.8 Å². The highest BCUT2D eigenvalue weighted by Crippen LogP contribution is 2.67. The largest absolute Gasteiger partial charge is 0.462 e. The van der Waals surface area contributed by atoms with Gasteiger partial charge in [-0.05, 0) is 61.7 Å². The van der Waals surface area contributed by atoms with Crippen LogP contribution in [-0.4, -0.2) is 21.6 Å². The molecule has 5 rings (SSSR count). The molecule has 3 fully saturated rings. The first kappa shape index (κ1) is 18.4. The van der Waals surface area contributed by atoms with E-state index in [4.69, 9.17) is 4.74 Å². The van der Waals surface area contributed by atoms with E-state index in [0.29, 0.717) is 23.2 Å². The van der Waals surface area contributed by atoms with Gasteiger partial charge < -0.3 is 9.30 Å². The van der Waals surface area contributed by atoms with Crippen LogP contribution in [0.1, 0.15) is 72.1 Å². The summed E-state index contributed by atoms with van der Waals surface area (Å²) in [5.41, 5.74) is 1.98. The van der Waals surface area contributed by atoms with Gasteiger partial charge in [0.1, 0.15) is 6.10 Å². The quantitative estimate of drug-likeness (QED) is 0.651. The number of rotatable bonds is 2. The van der Waals surface area contributed by atoms with Crippen molar-refractivity contribution in [2.45, 2.75) is 78.2 Å². The van der Waals surface area contributed by atoms with Crippen LogP contribution < -0.4 is 0 Å². The molecule has 0 spiro atoms. The predicted molar refractivity (Wildman–Crippen MR) is 109 cm³/mol. The summed E-state index contributed by atoms with van der Waals surface area (Å²) in [6, 6.07) is 0. The number of imidazole rings is 1. The van der Waals surface area contributed by atoms with E-state index in [1.807, 2.05) is 12.5 Å². The van der Waals surface area contributed by atoms with Gasteiger partial charge in [0.15, 0.2) is 0 Å². The van der Waals surface area contributed by atoms with Gasteiger partial charge in [0.05, 0.1) is 6.33 Å². The summed E-state index contributed by atoms with van der Waals surface area (Å²) >= 11 is 0. The molecule has 1 aromatic heterocycles. The average Bonchev–Trinajstić information content (AvgIpc) is 3.28. The van der Waals surface area contributed by atoms with Gasteiger partial charge in [-0.2, -0.15) is 0 Å². The Bertz CT molecular complexity index is 785. The van der Waals surface area contributed by atoms with E-state index in [0.717, 1.165) is 18.8 Å². The zero-order chi connectivity index (χ0) is 19.5. The van der Waals surface area contributed by atoms with Gasteiger partial charge in [-0.25, -0.2) is 4.98 Å². The lowest BCUT2D eigenvalue weighted by Crippen LogP contribution is -2.57. The van der Waals surface area contributed by atoms with Crippen LogP contribution in [0.2, 0.25) is 0 Å². The normalized spacial score (nSPS) is 44.8. The maximum Gasteiger partial charge on any atom is 0.302 e. The topological polar surface area (TPSA) is 44.1 Å². The molecule has 28 heavy (non-hydrogen) atoms. The maximum atomic E-state index is 11.9. The van der Waals surface area contributed by atoms with Crippen molar-refractivity contribution in [1.29, 1.82) is 0 Å². The van der Waals surface area contributed by atoms with Crippen molar-refractivity contribution in [3.63, 3.8) is 0 Å². The second kappa shape index (κ2) is 6.47. The lowest BCUT2D eigenvalue weighted by molar-refractivity contribution is -0.180. The molecule has 152 valence electrons. The van der Waals surface area contributed by atoms with Gasteiger partial charge in [-0.15, -0.1) is 0 Å². The fourth-order valence-corrected chi connectivity index (χ4v) is 8.01. The summed E-state index contributed by atoms with van der Waals surface area (Å²) in [4.78, 5) is 16.2. The number of allylic oxidation sites excluding steroid dienone is 2. The maximum absolute atomic E-state index is 11.9. The molecule has 0 saturated heterocycles. The molecule has 7 atom stereocenters. The van der Waals surface area contributed by atoms with E-state index >= 15 is 0 Å². The summed E-state index contributed by atoms with van der Waals surface area (Å²) in [6.45, 7) is 6.60. The zero-order valence-electron chi connectivity index (χ0n) is 17.6. The van der Waals surface area contributed by atoms with Gasteiger partial charge in [0.2, 0.25) is 0 Å². The van der Waals surface area contributed by atoms with Crippen LogP contribution in [0.4, 0.5) is 0 Å². The van der Waals surface area contributed by atoms with Gasteiger partial charge in [-0.3, -0.25) is 4.79 Å². The summed E-state index contributed by atoms with van der Waals surface area (Å²) in [5.74, 6) is 2.54. The summed E-state index contributed by atoms with van der Waals surface area (Å²) in [6.07, 6.45) is 18.5. The minimum atomic E-state index is -0.0985.